The van der Waals surface area contributed by atoms with Gasteiger partial charge in [-0.05, 0) is 51.3 Å². The van der Waals surface area contributed by atoms with Crippen molar-refractivity contribution in [2.75, 3.05) is 13.7 Å². The van der Waals surface area contributed by atoms with E-state index < -0.39 is 0 Å². The number of nitrogens with one attached hydrogen (secondary N) is 1. The third kappa shape index (κ3) is 3.58. The number of hydrogen-bond donors (Lipinski definition) is 1. The molecule has 17 heavy (non-hydrogen) atoms. The van der Waals surface area contributed by atoms with Crippen LogP contribution < -0.4 is 5.32 Å². The minimum atomic E-state index is 0.439. The number of nitrogens with zero attached hydrogens (tertiary/aromatic N) is 1. The lowest BCUT2D eigenvalue weighted by molar-refractivity contribution is 0.101. The lowest BCUT2D eigenvalue weighted by Crippen LogP contribution is -2.11. The lowest BCUT2D eigenvalue weighted by atomic mass is 10.1. The van der Waals surface area contributed by atoms with Crippen molar-refractivity contribution in [1.29, 1.82) is 0 Å². The molecule has 1 N–H and O–H groups in total. The Labute approximate surface area is 104 Å². The molecule has 0 aromatic carbocycles. The van der Waals surface area contributed by atoms with Gasteiger partial charge in [0.25, 0.3) is 0 Å². The van der Waals surface area contributed by atoms with Crippen molar-refractivity contribution >= 4 is 0 Å². The van der Waals surface area contributed by atoms with E-state index >= 15 is 0 Å². The normalized spacial score (nSPS) is 21.9. The van der Waals surface area contributed by atoms with Gasteiger partial charge in [-0.25, -0.2) is 0 Å². The fourth-order valence-electron chi connectivity index (χ4n) is 2.39. The fraction of sp³-hybridized carbons (Fsp3) is 0.714. The molecule has 1 aromatic rings. The van der Waals surface area contributed by atoms with Gasteiger partial charge in [0.15, 0.2) is 0 Å². The Morgan fingerprint density at radius 1 is 1.59 bits per heavy atom. The molecule has 2 atom stereocenters. The van der Waals surface area contributed by atoms with Gasteiger partial charge in [-0.2, -0.15) is 0 Å². The largest absolute Gasteiger partial charge is 0.378 e. The Morgan fingerprint density at radius 2 is 2.47 bits per heavy atom. The highest BCUT2D eigenvalue weighted by atomic mass is 16.5. The molecule has 0 spiro atoms. The van der Waals surface area contributed by atoms with Crippen molar-refractivity contribution < 1.29 is 4.74 Å². The van der Waals surface area contributed by atoms with Crippen LogP contribution in [-0.2, 0) is 11.3 Å². The van der Waals surface area contributed by atoms with Crippen LogP contribution in [0.25, 0.3) is 0 Å². The highest BCUT2D eigenvalue weighted by molar-refractivity contribution is 5.14. The zero-order valence-corrected chi connectivity index (χ0v) is 11.0. The average molecular weight is 236 g/mol. The van der Waals surface area contributed by atoms with Crippen molar-refractivity contribution in [2.45, 2.75) is 51.3 Å². The van der Waals surface area contributed by atoms with Crippen LogP contribution in [0.15, 0.2) is 18.5 Å². The molecule has 0 saturated carbocycles. The molecule has 0 aliphatic carbocycles. The maximum Gasteiger partial charge on any atom is 0.0576 e. The summed E-state index contributed by atoms with van der Waals surface area (Å²) < 4.78 is 7.92. The Hall–Kier alpha value is -0.800. The third-order valence-electron chi connectivity index (χ3n) is 3.67. The van der Waals surface area contributed by atoms with E-state index in [0.29, 0.717) is 12.1 Å². The maximum absolute atomic E-state index is 5.63. The van der Waals surface area contributed by atoms with E-state index in [-0.39, 0.29) is 0 Å². The van der Waals surface area contributed by atoms with Gasteiger partial charge in [0, 0.05) is 31.6 Å². The molecule has 1 saturated heterocycles. The Balaban J connectivity index is 1.73. The molecule has 0 radical (unpaired) electrons. The van der Waals surface area contributed by atoms with Gasteiger partial charge in [0.1, 0.15) is 0 Å². The molecule has 2 heterocycles. The molecule has 0 amide bonds. The second-order valence-corrected chi connectivity index (χ2v) is 4.97. The zero-order chi connectivity index (χ0) is 12.1. The first kappa shape index (κ1) is 12.7. The lowest BCUT2D eigenvalue weighted by Gasteiger charge is -2.09. The summed E-state index contributed by atoms with van der Waals surface area (Å²) in [7, 11) is 2.00. The quantitative estimate of drug-likeness (QED) is 0.822. The monoisotopic (exact) mass is 236 g/mol. The van der Waals surface area contributed by atoms with Crippen LogP contribution in [0.4, 0.5) is 0 Å². The fourth-order valence-corrected chi connectivity index (χ4v) is 2.39. The van der Waals surface area contributed by atoms with Crippen molar-refractivity contribution in [3.05, 3.63) is 24.0 Å². The first-order chi connectivity index (χ1) is 8.29. The highest BCUT2D eigenvalue weighted by Crippen LogP contribution is 2.18. The number of aryl methyl sites for hydroxylation is 1. The van der Waals surface area contributed by atoms with Crippen molar-refractivity contribution in [3.8, 4) is 0 Å². The Bertz CT molecular complexity index is 329. The van der Waals surface area contributed by atoms with Crippen LogP contribution in [0.1, 0.15) is 44.2 Å². The van der Waals surface area contributed by atoms with Crippen LogP contribution in [-0.4, -0.2) is 24.3 Å². The summed E-state index contributed by atoms with van der Waals surface area (Å²) in [5, 5.41) is 3.26. The smallest absolute Gasteiger partial charge is 0.0576 e. The molecule has 0 bridgehead atoms. The Kier molecular flexibility index (Phi) is 4.63. The molecule has 2 rings (SSSR count). The van der Waals surface area contributed by atoms with Gasteiger partial charge in [-0.1, -0.05) is 0 Å². The molecule has 3 heteroatoms. The molecule has 1 aliphatic heterocycles. The summed E-state index contributed by atoms with van der Waals surface area (Å²) in [6.45, 7) is 4.26. The predicted molar refractivity (Wildman–Crippen MR) is 70.1 cm³/mol. The predicted octanol–water partition coefficient (Wildman–Crippen LogP) is 2.73. The Morgan fingerprint density at radius 3 is 3.18 bits per heavy atom. The summed E-state index contributed by atoms with van der Waals surface area (Å²) in [6.07, 6.45) is 9.88. The van der Waals surface area contributed by atoms with E-state index in [1.807, 2.05) is 7.05 Å². The van der Waals surface area contributed by atoms with Gasteiger partial charge >= 0.3 is 0 Å². The van der Waals surface area contributed by atoms with Crippen molar-refractivity contribution in [1.82, 2.24) is 9.88 Å². The van der Waals surface area contributed by atoms with Crippen LogP contribution in [0.2, 0.25) is 0 Å². The molecular weight excluding hydrogens is 212 g/mol. The van der Waals surface area contributed by atoms with E-state index in [0.717, 1.165) is 13.2 Å². The number of hydrogen-bond acceptors (Lipinski definition) is 2. The maximum atomic E-state index is 5.63. The van der Waals surface area contributed by atoms with Crippen LogP contribution in [0.5, 0.6) is 0 Å². The summed E-state index contributed by atoms with van der Waals surface area (Å²) in [5.74, 6) is 0. The summed E-state index contributed by atoms with van der Waals surface area (Å²) in [4.78, 5) is 0. The van der Waals surface area contributed by atoms with E-state index in [9.17, 15) is 0 Å². The second kappa shape index (κ2) is 6.22. The van der Waals surface area contributed by atoms with Crippen LogP contribution in [0, 0.1) is 0 Å². The first-order valence-corrected chi connectivity index (χ1v) is 6.74. The van der Waals surface area contributed by atoms with E-state index in [2.05, 4.69) is 35.3 Å². The second-order valence-electron chi connectivity index (χ2n) is 4.97. The molecule has 1 aliphatic rings. The van der Waals surface area contributed by atoms with E-state index in [1.54, 1.807) is 0 Å². The average Bonchev–Trinajstić information content (AvgIpc) is 2.99. The number of aromatic nitrogens is 1. The standard InChI is InChI=1S/C14H24N2O/c1-12(15-2)13-7-9-16(11-13)8-3-5-14-6-4-10-17-14/h7,9,11-12,14-15H,3-6,8,10H2,1-2H3. The minimum absolute atomic E-state index is 0.439. The first-order valence-electron chi connectivity index (χ1n) is 6.74. The summed E-state index contributed by atoms with van der Waals surface area (Å²) in [5.41, 5.74) is 1.37. The van der Waals surface area contributed by atoms with E-state index in [1.165, 1.54) is 31.2 Å². The summed E-state index contributed by atoms with van der Waals surface area (Å²) >= 11 is 0. The highest BCUT2D eigenvalue weighted by Gasteiger charge is 2.14. The summed E-state index contributed by atoms with van der Waals surface area (Å²) in [6, 6.07) is 2.64. The van der Waals surface area contributed by atoms with Crippen molar-refractivity contribution in [3.63, 3.8) is 0 Å². The molecule has 1 aromatic heterocycles. The SMILES string of the molecule is CNC(C)c1ccn(CCCC2CCCO2)c1. The van der Waals surface area contributed by atoms with Gasteiger partial charge in [0.05, 0.1) is 6.10 Å². The van der Waals surface area contributed by atoms with Gasteiger partial charge in [0.2, 0.25) is 0 Å². The van der Waals surface area contributed by atoms with Crippen LogP contribution >= 0.6 is 0 Å². The molecule has 2 unspecified atom stereocenters. The van der Waals surface area contributed by atoms with Gasteiger partial charge < -0.3 is 14.6 Å². The van der Waals surface area contributed by atoms with Gasteiger partial charge in [-0.15, -0.1) is 0 Å². The third-order valence-corrected chi connectivity index (χ3v) is 3.67. The molecule has 3 nitrogen and oxygen atoms in total. The minimum Gasteiger partial charge on any atom is -0.378 e. The van der Waals surface area contributed by atoms with Crippen molar-refractivity contribution in [2.24, 2.45) is 0 Å². The molecular formula is C14H24N2O. The number of rotatable bonds is 6. The topological polar surface area (TPSA) is 26.2 Å². The van der Waals surface area contributed by atoms with Gasteiger partial charge in [-0.3, -0.25) is 0 Å². The molecule has 1 fully saturated rings. The number of ether oxygens (including phenoxy) is 1. The van der Waals surface area contributed by atoms with E-state index in [4.69, 9.17) is 4.74 Å². The van der Waals surface area contributed by atoms with Crippen LogP contribution in [0.3, 0.4) is 0 Å². The zero-order valence-electron chi connectivity index (χ0n) is 11.0. The molecule has 96 valence electrons.